The maximum absolute atomic E-state index is 12.6. The first-order chi connectivity index (χ1) is 11.1. The second-order valence-electron chi connectivity index (χ2n) is 6.34. The summed E-state index contributed by atoms with van der Waals surface area (Å²) in [5.74, 6) is 5.90. The summed E-state index contributed by atoms with van der Waals surface area (Å²) in [6.07, 6.45) is -2.56. The fourth-order valence-corrected chi connectivity index (χ4v) is 1.87. The number of halogens is 3. The van der Waals surface area contributed by atoms with Crippen LogP contribution in [0.4, 0.5) is 13.2 Å². The number of benzene rings is 2. The van der Waals surface area contributed by atoms with E-state index in [0.29, 0.717) is 5.56 Å². The van der Waals surface area contributed by atoms with E-state index in [-0.39, 0.29) is 5.54 Å². The lowest BCUT2D eigenvalue weighted by molar-refractivity contribution is -0.137. The lowest BCUT2D eigenvalue weighted by Gasteiger charge is -2.11. The highest BCUT2D eigenvalue weighted by Gasteiger charge is 2.29. The Morgan fingerprint density at radius 1 is 0.875 bits per heavy atom. The molecule has 124 valence electrons. The third-order valence-electron chi connectivity index (χ3n) is 3.11. The van der Waals surface area contributed by atoms with Crippen LogP contribution in [0.3, 0.4) is 0 Å². The van der Waals surface area contributed by atoms with Gasteiger partial charge in [0.25, 0.3) is 0 Å². The van der Waals surface area contributed by atoms with Gasteiger partial charge in [-0.15, -0.1) is 0 Å². The molecule has 0 spiro atoms. The van der Waals surface area contributed by atoms with Gasteiger partial charge in [-0.05, 0) is 51.1 Å². The summed E-state index contributed by atoms with van der Waals surface area (Å²) < 4.78 is 37.7. The van der Waals surface area contributed by atoms with E-state index in [0.717, 1.165) is 23.3 Å². The molecule has 2 aromatic carbocycles. The van der Waals surface area contributed by atoms with Gasteiger partial charge in [-0.1, -0.05) is 30.0 Å². The summed E-state index contributed by atoms with van der Waals surface area (Å²) in [7, 11) is 0. The minimum atomic E-state index is -4.33. The minimum absolute atomic E-state index is 0.187. The predicted molar refractivity (Wildman–Crippen MR) is 91.2 cm³/mol. The molecular formula is C20H18F3N. The van der Waals surface area contributed by atoms with E-state index in [4.69, 9.17) is 0 Å². The Hall–Kier alpha value is -2.54. The summed E-state index contributed by atoms with van der Waals surface area (Å²) in [4.78, 5) is 4.46. The molecule has 2 aromatic rings. The Morgan fingerprint density at radius 3 is 2.08 bits per heavy atom. The molecule has 0 unspecified atom stereocenters. The fraction of sp³-hybridized carbons (Fsp3) is 0.250. The average Bonchev–Trinajstić information content (AvgIpc) is 2.50. The summed E-state index contributed by atoms with van der Waals surface area (Å²) in [6.45, 7) is 6.00. The average molecular weight is 329 g/mol. The Bertz CT molecular complexity index is 783. The molecule has 1 nitrogen and oxygen atoms in total. The second-order valence-corrected chi connectivity index (χ2v) is 6.34. The maximum atomic E-state index is 12.6. The van der Waals surface area contributed by atoms with Gasteiger partial charge in [0.15, 0.2) is 0 Å². The van der Waals surface area contributed by atoms with Gasteiger partial charge in [-0.2, -0.15) is 13.2 Å². The Kier molecular flexibility index (Phi) is 5.14. The van der Waals surface area contributed by atoms with Crippen LogP contribution < -0.4 is 0 Å². The number of aliphatic imine (C=N–C) groups is 1. The van der Waals surface area contributed by atoms with Crippen LogP contribution in [0.2, 0.25) is 0 Å². The van der Waals surface area contributed by atoms with E-state index in [9.17, 15) is 13.2 Å². The first-order valence-electron chi connectivity index (χ1n) is 7.49. The number of nitrogens with zero attached hydrogens (tertiary/aromatic N) is 1. The van der Waals surface area contributed by atoms with Crippen LogP contribution in [-0.4, -0.2) is 11.8 Å². The largest absolute Gasteiger partial charge is 0.416 e. The third-order valence-corrected chi connectivity index (χ3v) is 3.11. The molecule has 0 atom stereocenters. The van der Waals surface area contributed by atoms with Crippen molar-refractivity contribution < 1.29 is 13.2 Å². The summed E-state index contributed by atoms with van der Waals surface area (Å²) in [5.41, 5.74) is 1.34. The molecular weight excluding hydrogens is 311 g/mol. The van der Waals surface area contributed by atoms with E-state index in [2.05, 4.69) is 16.8 Å². The smallest absolute Gasteiger partial charge is 0.287 e. The lowest BCUT2D eigenvalue weighted by Crippen LogP contribution is -2.09. The fourth-order valence-electron chi connectivity index (χ4n) is 1.87. The zero-order valence-corrected chi connectivity index (χ0v) is 13.8. The zero-order chi connectivity index (χ0) is 17.8. The SMILES string of the molecule is CC(C)(C)N=Cc1ccccc1C#Cc1ccc(C(F)(F)F)cc1. The van der Waals surface area contributed by atoms with Crippen molar-refractivity contribution >= 4 is 6.21 Å². The van der Waals surface area contributed by atoms with Crippen LogP contribution in [0.5, 0.6) is 0 Å². The van der Waals surface area contributed by atoms with Crippen LogP contribution in [0.25, 0.3) is 0 Å². The van der Waals surface area contributed by atoms with Crippen LogP contribution >= 0.6 is 0 Å². The molecule has 0 amide bonds. The van der Waals surface area contributed by atoms with Crippen molar-refractivity contribution in [2.45, 2.75) is 32.5 Å². The molecule has 0 aliphatic rings. The van der Waals surface area contributed by atoms with Crippen LogP contribution in [-0.2, 0) is 6.18 Å². The number of hydrogen-bond acceptors (Lipinski definition) is 1. The molecule has 24 heavy (non-hydrogen) atoms. The van der Waals surface area contributed by atoms with Crippen LogP contribution in [0.15, 0.2) is 53.5 Å². The topological polar surface area (TPSA) is 12.4 Å². The zero-order valence-electron chi connectivity index (χ0n) is 13.8. The standard InChI is InChI=1S/C20H18F3N/c1-19(2,3)24-14-17-7-5-4-6-16(17)11-8-15-9-12-18(13-10-15)20(21,22)23/h4-7,9-10,12-14H,1-3H3. The molecule has 0 aliphatic heterocycles. The Labute approximate surface area is 140 Å². The maximum Gasteiger partial charge on any atom is 0.416 e. The van der Waals surface area contributed by atoms with Crippen molar-refractivity contribution in [3.05, 3.63) is 70.8 Å². The molecule has 4 heteroatoms. The van der Waals surface area contributed by atoms with Crippen molar-refractivity contribution in [2.75, 3.05) is 0 Å². The molecule has 0 heterocycles. The Balaban J connectivity index is 2.27. The van der Waals surface area contributed by atoms with E-state index in [1.807, 2.05) is 45.0 Å². The van der Waals surface area contributed by atoms with E-state index in [1.165, 1.54) is 12.1 Å². The number of hydrogen-bond donors (Lipinski definition) is 0. The van der Waals surface area contributed by atoms with Gasteiger partial charge in [0.05, 0.1) is 11.1 Å². The minimum Gasteiger partial charge on any atom is -0.287 e. The predicted octanol–water partition coefficient (Wildman–Crippen LogP) is 5.32. The van der Waals surface area contributed by atoms with E-state index in [1.54, 1.807) is 6.21 Å². The first-order valence-corrected chi connectivity index (χ1v) is 7.49. The van der Waals surface area contributed by atoms with Gasteiger partial charge in [0.1, 0.15) is 0 Å². The third kappa shape index (κ3) is 5.27. The van der Waals surface area contributed by atoms with Gasteiger partial charge in [0, 0.05) is 22.9 Å². The van der Waals surface area contributed by atoms with Gasteiger partial charge in [-0.25, -0.2) is 0 Å². The molecule has 0 bridgehead atoms. The van der Waals surface area contributed by atoms with E-state index >= 15 is 0 Å². The van der Waals surface area contributed by atoms with Crippen LogP contribution in [0, 0.1) is 11.8 Å². The number of alkyl halides is 3. The lowest BCUT2D eigenvalue weighted by atomic mass is 10.1. The molecule has 0 fully saturated rings. The highest BCUT2D eigenvalue weighted by Crippen LogP contribution is 2.28. The summed E-state index contributed by atoms with van der Waals surface area (Å²) >= 11 is 0. The van der Waals surface area contributed by atoms with Gasteiger partial charge >= 0.3 is 6.18 Å². The quantitative estimate of drug-likeness (QED) is 0.496. The van der Waals surface area contributed by atoms with Crippen molar-refractivity contribution in [3.63, 3.8) is 0 Å². The van der Waals surface area contributed by atoms with Crippen molar-refractivity contribution in [3.8, 4) is 11.8 Å². The van der Waals surface area contributed by atoms with Gasteiger partial charge in [0.2, 0.25) is 0 Å². The van der Waals surface area contributed by atoms with Crippen molar-refractivity contribution in [1.29, 1.82) is 0 Å². The second kappa shape index (κ2) is 6.92. The van der Waals surface area contributed by atoms with Crippen molar-refractivity contribution in [1.82, 2.24) is 0 Å². The number of rotatable bonds is 1. The molecule has 0 radical (unpaired) electrons. The summed E-state index contributed by atoms with van der Waals surface area (Å²) in [6, 6.07) is 12.4. The first kappa shape index (κ1) is 17.8. The molecule has 0 saturated heterocycles. The molecule has 2 rings (SSSR count). The highest BCUT2D eigenvalue weighted by molar-refractivity contribution is 5.83. The van der Waals surface area contributed by atoms with Crippen molar-refractivity contribution in [2.24, 2.45) is 4.99 Å². The molecule has 0 saturated carbocycles. The summed E-state index contributed by atoms with van der Waals surface area (Å²) in [5, 5.41) is 0. The normalized spacial score (nSPS) is 12.1. The van der Waals surface area contributed by atoms with Gasteiger partial charge in [-0.3, -0.25) is 4.99 Å². The van der Waals surface area contributed by atoms with E-state index < -0.39 is 11.7 Å². The molecule has 0 aromatic heterocycles. The molecule has 0 N–H and O–H groups in total. The highest BCUT2D eigenvalue weighted by atomic mass is 19.4. The Morgan fingerprint density at radius 2 is 1.50 bits per heavy atom. The molecule has 0 aliphatic carbocycles. The monoisotopic (exact) mass is 329 g/mol. The van der Waals surface area contributed by atoms with Gasteiger partial charge < -0.3 is 0 Å². The van der Waals surface area contributed by atoms with Crippen LogP contribution in [0.1, 0.15) is 43.0 Å².